The molecule has 13 heavy (non-hydrogen) atoms. The largest absolute Gasteiger partial charge is 0.314 e. The molecular formula is C11H27NS. The van der Waals surface area contributed by atoms with Crippen LogP contribution < -0.4 is 5.32 Å². The monoisotopic (exact) mass is 205 g/mol. The van der Waals surface area contributed by atoms with Gasteiger partial charge in [-0.25, -0.2) is 0 Å². The zero-order chi connectivity index (χ0) is 10.5. The Morgan fingerprint density at radius 3 is 1.85 bits per heavy atom. The predicted octanol–water partition coefficient (Wildman–Crippen LogP) is 3.54. The molecule has 2 heteroatoms. The second kappa shape index (κ2) is 14.8. The summed E-state index contributed by atoms with van der Waals surface area (Å²) in [5.41, 5.74) is 0. The standard InChI is InChI=1S/C5H11N.C4H10S.C2H6/c1-5-3-2-4-6-5;1-3-5-4-2;1-2/h5-6H,2-4H2,1H3;3-4H2,1-2H3;1-2H3. The minimum absolute atomic E-state index is 0.796. The summed E-state index contributed by atoms with van der Waals surface area (Å²) in [5, 5.41) is 3.32. The van der Waals surface area contributed by atoms with Gasteiger partial charge in [-0.05, 0) is 37.8 Å². The Morgan fingerprint density at radius 2 is 1.77 bits per heavy atom. The zero-order valence-corrected chi connectivity index (χ0v) is 10.8. The molecule has 1 atom stereocenters. The van der Waals surface area contributed by atoms with Crippen molar-refractivity contribution in [2.24, 2.45) is 0 Å². The number of rotatable bonds is 2. The van der Waals surface area contributed by atoms with Crippen LogP contribution in [0.3, 0.4) is 0 Å². The van der Waals surface area contributed by atoms with E-state index >= 15 is 0 Å². The maximum Gasteiger partial charge on any atom is 0.00391 e. The van der Waals surface area contributed by atoms with Gasteiger partial charge < -0.3 is 5.32 Å². The summed E-state index contributed by atoms with van der Waals surface area (Å²) in [4.78, 5) is 0. The van der Waals surface area contributed by atoms with E-state index in [1.165, 1.54) is 30.9 Å². The summed E-state index contributed by atoms with van der Waals surface area (Å²) in [6.07, 6.45) is 2.75. The molecule has 0 aromatic rings. The summed E-state index contributed by atoms with van der Waals surface area (Å²) in [7, 11) is 0. The van der Waals surface area contributed by atoms with Gasteiger partial charge in [-0.2, -0.15) is 11.8 Å². The average molecular weight is 205 g/mol. The van der Waals surface area contributed by atoms with Crippen LogP contribution in [0.15, 0.2) is 0 Å². The lowest BCUT2D eigenvalue weighted by atomic mass is 10.3. The third-order valence-corrected chi connectivity index (χ3v) is 2.53. The third-order valence-electron chi connectivity index (χ3n) is 1.71. The lowest BCUT2D eigenvalue weighted by Gasteiger charge is -1.95. The highest BCUT2D eigenvalue weighted by atomic mass is 32.2. The number of thioether (sulfide) groups is 1. The van der Waals surface area contributed by atoms with Gasteiger partial charge in [-0.15, -0.1) is 0 Å². The van der Waals surface area contributed by atoms with Crippen molar-refractivity contribution in [1.82, 2.24) is 5.32 Å². The fourth-order valence-corrected chi connectivity index (χ4v) is 1.47. The Labute approximate surface area is 89.1 Å². The molecule has 0 spiro atoms. The second-order valence-corrected chi connectivity index (χ2v) is 4.34. The maximum absolute atomic E-state index is 3.32. The van der Waals surface area contributed by atoms with Crippen molar-refractivity contribution in [3.8, 4) is 0 Å². The molecule has 0 amide bonds. The van der Waals surface area contributed by atoms with Crippen LogP contribution in [0.25, 0.3) is 0 Å². The quantitative estimate of drug-likeness (QED) is 0.740. The highest BCUT2D eigenvalue weighted by Gasteiger charge is 2.05. The normalized spacial score (nSPS) is 19.6. The average Bonchev–Trinajstić information content (AvgIpc) is 2.62. The molecular weight excluding hydrogens is 178 g/mol. The molecule has 82 valence electrons. The Hall–Kier alpha value is 0.310. The van der Waals surface area contributed by atoms with Crippen molar-refractivity contribution in [1.29, 1.82) is 0 Å². The van der Waals surface area contributed by atoms with E-state index < -0.39 is 0 Å². The molecule has 0 saturated carbocycles. The van der Waals surface area contributed by atoms with Gasteiger partial charge in [0.15, 0.2) is 0 Å². The molecule has 1 unspecified atom stereocenters. The fourth-order valence-electron chi connectivity index (χ4n) is 1.06. The lowest BCUT2D eigenvalue weighted by molar-refractivity contribution is 0.664. The number of hydrogen-bond donors (Lipinski definition) is 1. The van der Waals surface area contributed by atoms with Gasteiger partial charge in [0, 0.05) is 6.04 Å². The molecule has 0 aliphatic carbocycles. The Kier molecular flexibility index (Phi) is 18.0. The van der Waals surface area contributed by atoms with E-state index in [1.807, 2.05) is 25.6 Å². The first kappa shape index (κ1) is 15.8. The molecule has 1 N–H and O–H groups in total. The van der Waals surface area contributed by atoms with Crippen LogP contribution in [0.2, 0.25) is 0 Å². The molecule has 0 aromatic carbocycles. The van der Waals surface area contributed by atoms with Gasteiger partial charge >= 0.3 is 0 Å². The SMILES string of the molecule is CC.CC1CCCN1.CCSCC. The Balaban J connectivity index is 0. The van der Waals surface area contributed by atoms with E-state index in [-0.39, 0.29) is 0 Å². The van der Waals surface area contributed by atoms with Gasteiger partial charge in [0.05, 0.1) is 0 Å². The van der Waals surface area contributed by atoms with Gasteiger partial charge in [0.2, 0.25) is 0 Å². The molecule has 0 radical (unpaired) electrons. The fraction of sp³-hybridized carbons (Fsp3) is 1.00. The van der Waals surface area contributed by atoms with E-state index in [0.29, 0.717) is 0 Å². The van der Waals surface area contributed by atoms with Gasteiger partial charge in [0.25, 0.3) is 0 Å². The molecule has 1 nitrogen and oxygen atoms in total. The third kappa shape index (κ3) is 15.1. The minimum Gasteiger partial charge on any atom is -0.314 e. The van der Waals surface area contributed by atoms with E-state index in [1.54, 1.807) is 0 Å². The van der Waals surface area contributed by atoms with Gasteiger partial charge in [0.1, 0.15) is 0 Å². The highest BCUT2D eigenvalue weighted by molar-refractivity contribution is 7.99. The van der Waals surface area contributed by atoms with Crippen LogP contribution in [0.1, 0.15) is 47.5 Å². The van der Waals surface area contributed by atoms with E-state index in [4.69, 9.17) is 0 Å². The van der Waals surface area contributed by atoms with Crippen LogP contribution >= 0.6 is 11.8 Å². The molecule has 1 heterocycles. The molecule has 1 aliphatic heterocycles. The first-order valence-corrected chi connectivity index (χ1v) is 6.77. The molecule has 1 fully saturated rings. The zero-order valence-electron chi connectivity index (χ0n) is 10.0. The van der Waals surface area contributed by atoms with Crippen molar-refractivity contribution >= 4 is 11.8 Å². The minimum atomic E-state index is 0.796. The van der Waals surface area contributed by atoms with Gasteiger partial charge in [-0.3, -0.25) is 0 Å². The molecule has 0 bridgehead atoms. The van der Waals surface area contributed by atoms with Crippen LogP contribution in [-0.4, -0.2) is 24.1 Å². The van der Waals surface area contributed by atoms with E-state index in [0.717, 1.165) is 6.04 Å². The van der Waals surface area contributed by atoms with Crippen LogP contribution in [-0.2, 0) is 0 Å². The molecule has 1 saturated heterocycles. The van der Waals surface area contributed by atoms with Crippen molar-refractivity contribution < 1.29 is 0 Å². The van der Waals surface area contributed by atoms with Crippen LogP contribution in [0, 0.1) is 0 Å². The summed E-state index contributed by atoms with van der Waals surface area (Å²) < 4.78 is 0. The molecule has 1 aliphatic rings. The highest BCUT2D eigenvalue weighted by Crippen LogP contribution is 2.01. The van der Waals surface area contributed by atoms with Crippen LogP contribution in [0.4, 0.5) is 0 Å². The first-order chi connectivity index (χ1) is 6.31. The number of hydrogen-bond acceptors (Lipinski definition) is 2. The van der Waals surface area contributed by atoms with Crippen molar-refractivity contribution in [2.45, 2.75) is 53.5 Å². The smallest absolute Gasteiger partial charge is 0.00391 e. The van der Waals surface area contributed by atoms with Crippen molar-refractivity contribution in [2.75, 3.05) is 18.1 Å². The number of nitrogens with one attached hydrogen (secondary N) is 1. The Bertz CT molecular complexity index is 68.5. The predicted molar refractivity (Wildman–Crippen MR) is 66.7 cm³/mol. The van der Waals surface area contributed by atoms with Gasteiger partial charge in [-0.1, -0.05) is 27.7 Å². The summed E-state index contributed by atoms with van der Waals surface area (Å²) in [6, 6.07) is 0.796. The second-order valence-electron chi connectivity index (χ2n) is 2.78. The molecule has 0 aromatic heterocycles. The summed E-state index contributed by atoms with van der Waals surface area (Å²) >= 11 is 1.96. The Morgan fingerprint density at radius 1 is 1.23 bits per heavy atom. The molecule has 1 rings (SSSR count). The topological polar surface area (TPSA) is 12.0 Å². The van der Waals surface area contributed by atoms with Crippen molar-refractivity contribution in [3.05, 3.63) is 0 Å². The van der Waals surface area contributed by atoms with E-state index in [2.05, 4.69) is 26.1 Å². The summed E-state index contributed by atoms with van der Waals surface area (Å²) in [6.45, 7) is 11.8. The van der Waals surface area contributed by atoms with E-state index in [9.17, 15) is 0 Å². The first-order valence-electron chi connectivity index (χ1n) is 5.62. The summed E-state index contributed by atoms with van der Waals surface area (Å²) in [5.74, 6) is 2.52. The lowest BCUT2D eigenvalue weighted by Crippen LogP contribution is -2.16. The van der Waals surface area contributed by atoms with Crippen LogP contribution in [0.5, 0.6) is 0 Å². The maximum atomic E-state index is 3.32. The van der Waals surface area contributed by atoms with Crippen molar-refractivity contribution in [3.63, 3.8) is 0 Å².